The van der Waals surface area contributed by atoms with E-state index in [0.717, 1.165) is 22.7 Å². The van der Waals surface area contributed by atoms with E-state index >= 15 is 0 Å². The molecule has 3 aromatic carbocycles. The maximum atomic E-state index is 12.1. The summed E-state index contributed by atoms with van der Waals surface area (Å²) in [6.07, 6.45) is 0.873. The van der Waals surface area contributed by atoms with Crippen molar-refractivity contribution in [1.29, 1.82) is 0 Å². The van der Waals surface area contributed by atoms with Crippen molar-refractivity contribution in [1.82, 2.24) is 0 Å². The highest BCUT2D eigenvalue weighted by Gasteiger charge is 2.40. The van der Waals surface area contributed by atoms with Crippen LogP contribution in [0.4, 0.5) is 0 Å². The molecule has 0 saturated heterocycles. The maximum Gasteiger partial charge on any atom is 0.335 e. The molecule has 1 aliphatic heterocycles. The van der Waals surface area contributed by atoms with Crippen molar-refractivity contribution < 1.29 is 19.0 Å². The molecule has 0 amide bonds. The highest BCUT2D eigenvalue weighted by atomic mass is 28.3. The number of hydrogen-bond acceptors (Lipinski definition) is 4. The molecule has 0 bridgehead atoms. The lowest BCUT2D eigenvalue weighted by atomic mass is 9.80. The number of carbonyl (C=O) groups excluding carboxylic acids is 1. The first-order valence-electron chi connectivity index (χ1n) is 11.7. The van der Waals surface area contributed by atoms with Crippen LogP contribution in [0.3, 0.4) is 0 Å². The molecule has 1 unspecified atom stereocenters. The fourth-order valence-electron chi connectivity index (χ4n) is 4.14. The van der Waals surface area contributed by atoms with Crippen molar-refractivity contribution in [2.45, 2.75) is 37.4 Å². The summed E-state index contributed by atoms with van der Waals surface area (Å²) in [6.45, 7) is 7.65. The minimum atomic E-state index is -1.26. The third-order valence-electron chi connectivity index (χ3n) is 5.95. The molecule has 5 heteroatoms. The maximum absolute atomic E-state index is 12.1. The molecular weight excluding hydrogens is 440 g/mol. The SMILES string of the molecule is C[Si](C)(C)CCOC1=CC(=O)OC1COC(c1ccccc1)(c1ccccc1)c1ccccc1. The standard InChI is InChI=1S/C29H32O4Si/c1-34(2,3)20-19-31-26-21-28(30)33-27(26)22-32-29(23-13-7-4-8-14-23,24-15-9-5-10-16-24)25-17-11-6-12-18-25/h4-18,21,27H,19-20,22H2,1-3H3. The molecule has 0 fully saturated rings. The first kappa shape index (κ1) is 24.0. The second kappa shape index (κ2) is 10.4. The Bertz CT molecular complexity index is 1010. The molecule has 1 aliphatic rings. The molecule has 4 nitrogen and oxygen atoms in total. The smallest absolute Gasteiger partial charge is 0.335 e. The van der Waals surface area contributed by atoms with Gasteiger partial charge in [-0.25, -0.2) is 4.79 Å². The molecule has 1 heterocycles. The fraction of sp³-hybridized carbons (Fsp3) is 0.276. The summed E-state index contributed by atoms with van der Waals surface area (Å²) in [5.74, 6) is 0.160. The van der Waals surface area contributed by atoms with Crippen LogP contribution in [-0.4, -0.2) is 33.4 Å². The molecule has 0 radical (unpaired) electrons. The van der Waals surface area contributed by atoms with E-state index in [-0.39, 0.29) is 12.6 Å². The number of esters is 1. The number of cyclic esters (lactones) is 1. The molecule has 0 saturated carbocycles. The normalized spacial score (nSPS) is 16.1. The van der Waals surface area contributed by atoms with Gasteiger partial charge in [0.2, 0.25) is 0 Å². The number of hydrogen-bond donors (Lipinski definition) is 0. The zero-order valence-corrected chi connectivity index (χ0v) is 21.1. The molecule has 3 aromatic rings. The van der Waals surface area contributed by atoms with Gasteiger partial charge in [-0.15, -0.1) is 0 Å². The van der Waals surface area contributed by atoms with Crippen LogP contribution in [0.15, 0.2) is 103 Å². The summed E-state index contributed by atoms with van der Waals surface area (Å²) < 4.78 is 18.4. The molecule has 1 atom stereocenters. The van der Waals surface area contributed by atoms with Crippen molar-refractivity contribution in [3.8, 4) is 0 Å². The van der Waals surface area contributed by atoms with E-state index < -0.39 is 19.8 Å². The van der Waals surface area contributed by atoms with Gasteiger partial charge in [-0.2, -0.15) is 0 Å². The van der Waals surface area contributed by atoms with E-state index in [1.54, 1.807) is 0 Å². The topological polar surface area (TPSA) is 44.8 Å². The summed E-state index contributed by atoms with van der Waals surface area (Å²) in [7, 11) is -1.26. The Labute approximate surface area is 203 Å². The van der Waals surface area contributed by atoms with Crippen LogP contribution >= 0.6 is 0 Å². The van der Waals surface area contributed by atoms with Gasteiger partial charge < -0.3 is 14.2 Å². The Morgan fingerprint density at radius 1 is 0.794 bits per heavy atom. The molecule has 0 aliphatic carbocycles. The van der Waals surface area contributed by atoms with Gasteiger partial charge in [-0.3, -0.25) is 0 Å². The third kappa shape index (κ3) is 5.49. The van der Waals surface area contributed by atoms with Crippen LogP contribution in [0.25, 0.3) is 0 Å². The van der Waals surface area contributed by atoms with E-state index in [2.05, 4.69) is 56.0 Å². The molecule has 0 N–H and O–H groups in total. The van der Waals surface area contributed by atoms with Crippen LogP contribution in [-0.2, 0) is 24.6 Å². The third-order valence-corrected chi connectivity index (χ3v) is 7.65. The summed E-state index contributed by atoms with van der Waals surface area (Å²) >= 11 is 0. The largest absolute Gasteiger partial charge is 0.494 e. The van der Waals surface area contributed by atoms with Gasteiger partial charge in [0.15, 0.2) is 6.10 Å². The number of ether oxygens (including phenoxy) is 3. The summed E-state index contributed by atoms with van der Waals surface area (Å²) in [5.41, 5.74) is 2.13. The Morgan fingerprint density at radius 3 is 1.71 bits per heavy atom. The number of carbonyl (C=O) groups is 1. The van der Waals surface area contributed by atoms with E-state index in [9.17, 15) is 4.79 Å². The van der Waals surface area contributed by atoms with Gasteiger partial charge in [0.25, 0.3) is 0 Å². The number of rotatable bonds is 10. The minimum Gasteiger partial charge on any atom is -0.494 e. The van der Waals surface area contributed by atoms with Crippen molar-refractivity contribution in [2.24, 2.45) is 0 Å². The highest BCUT2D eigenvalue weighted by Crippen LogP contribution is 2.41. The monoisotopic (exact) mass is 472 g/mol. The molecule has 0 aromatic heterocycles. The Balaban J connectivity index is 1.67. The lowest BCUT2D eigenvalue weighted by Crippen LogP contribution is -2.36. The molecule has 4 rings (SSSR count). The first-order chi connectivity index (χ1) is 16.4. The van der Waals surface area contributed by atoms with Crippen molar-refractivity contribution in [2.75, 3.05) is 13.2 Å². The van der Waals surface area contributed by atoms with Gasteiger partial charge >= 0.3 is 5.97 Å². The minimum absolute atomic E-state index is 0.170. The van der Waals surface area contributed by atoms with Gasteiger partial charge in [0, 0.05) is 8.07 Å². The highest BCUT2D eigenvalue weighted by molar-refractivity contribution is 6.76. The summed E-state index contributed by atoms with van der Waals surface area (Å²) in [4.78, 5) is 12.1. The quantitative estimate of drug-likeness (QED) is 0.201. The van der Waals surface area contributed by atoms with E-state index in [0.29, 0.717) is 12.4 Å². The van der Waals surface area contributed by atoms with Crippen LogP contribution in [0.1, 0.15) is 16.7 Å². The Kier molecular flexibility index (Phi) is 7.34. The van der Waals surface area contributed by atoms with Crippen LogP contribution < -0.4 is 0 Å². The lowest BCUT2D eigenvalue weighted by molar-refractivity contribution is -0.144. The Morgan fingerprint density at radius 2 is 1.26 bits per heavy atom. The predicted octanol–water partition coefficient (Wildman–Crippen LogP) is 6.16. The van der Waals surface area contributed by atoms with Crippen molar-refractivity contribution >= 4 is 14.0 Å². The average molecular weight is 473 g/mol. The summed E-state index contributed by atoms with van der Waals surface area (Å²) in [6, 6.07) is 31.5. The first-order valence-corrected chi connectivity index (χ1v) is 15.4. The second-order valence-electron chi connectivity index (χ2n) is 9.72. The van der Waals surface area contributed by atoms with Crippen LogP contribution in [0.2, 0.25) is 25.7 Å². The molecule has 0 spiro atoms. The number of benzene rings is 3. The fourth-order valence-corrected chi connectivity index (χ4v) is 4.85. The average Bonchev–Trinajstić information content (AvgIpc) is 3.20. The second-order valence-corrected chi connectivity index (χ2v) is 15.3. The summed E-state index contributed by atoms with van der Waals surface area (Å²) in [5, 5.41) is 0. The van der Waals surface area contributed by atoms with E-state index in [1.165, 1.54) is 6.08 Å². The van der Waals surface area contributed by atoms with Crippen LogP contribution in [0.5, 0.6) is 0 Å². The van der Waals surface area contributed by atoms with Gasteiger partial charge in [0.1, 0.15) is 11.4 Å². The van der Waals surface area contributed by atoms with Gasteiger partial charge in [-0.05, 0) is 22.7 Å². The molecule has 176 valence electrons. The van der Waals surface area contributed by atoms with Crippen molar-refractivity contribution in [3.63, 3.8) is 0 Å². The van der Waals surface area contributed by atoms with Gasteiger partial charge in [-0.1, -0.05) is 111 Å². The van der Waals surface area contributed by atoms with E-state index in [1.807, 2.05) is 54.6 Å². The van der Waals surface area contributed by atoms with E-state index in [4.69, 9.17) is 14.2 Å². The zero-order chi connectivity index (χ0) is 24.0. The Hall–Kier alpha value is -3.15. The molecular formula is C29H32O4Si. The lowest BCUT2D eigenvalue weighted by Gasteiger charge is -2.36. The zero-order valence-electron chi connectivity index (χ0n) is 20.1. The van der Waals surface area contributed by atoms with Gasteiger partial charge in [0.05, 0.1) is 19.3 Å². The molecule has 34 heavy (non-hydrogen) atoms. The predicted molar refractivity (Wildman–Crippen MR) is 137 cm³/mol. The van der Waals surface area contributed by atoms with Crippen molar-refractivity contribution in [3.05, 3.63) is 120 Å². The van der Waals surface area contributed by atoms with Crippen LogP contribution in [0, 0.1) is 0 Å².